The van der Waals surface area contributed by atoms with Crippen LogP contribution in [0.4, 0.5) is 5.69 Å². The first-order chi connectivity index (χ1) is 16.4. The molecular weight excluding hydrogens is 430 g/mol. The number of nitrogens with zero attached hydrogens (tertiary/aromatic N) is 2. The van der Waals surface area contributed by atoms with E-state index in [2.05, 4.69) is 17.5 Å². The van der Waals surface area contributed by atoms with Gasteiger partial charge in [-0.05, 0) is 60.9 Å². The highest BCUT2D eigenvalue weighted by atomic mass is 16.4. The van der Waals surface area contributed by atoms with Gasteiger partial charge in [-0.15, -0.1) is 0 Å². The number of aromatic carboxylic acids is 1. The Kier molecular flexibility index (Phi) is 5.30. The van der Waals surface area contributed by atoms with Crippen molar-refractivity contribution < 1.29 is 14.7 Å². The van der Waals surface area contributed by atoms with E-state index in [4.69, 9.17) is 4.98 Å². The summed E-state index contributed by atoms with van der Waals surface area (Å²) in [5, 5.41) is 12.5. The first-order valence-corrected chi connectivity index (χ1v) is 10.9. The zero-order valence-electron chi connectivity index (χ0n) is 18.4. The Bertz CT molecular complexity index is 1570. The van der Waals surface area contributed by atoms with Crippen LogP contribution in [0.15, 0.2) is 71.5 Å². The monoisotopic (exact) mass is 451 g/mol. The van der Waals surface area contributed by atoms with E-state index in [-0.39, 0.29) is 16.7 Å². The van der Waals surface area contributed by atoms with Crippen LogP contribution in [0, 0.1) is 6.92 Å². The number of carboxylic acid groups (broad SMARTS) is 1. The number of benzene rings is 3. The summed E-state index contributed by atoms with van der Waals surface area (Å²) in [6.45, 7) is 2.60. The molecule has 0 radical (unpaired) electrons. The number of rotatable bonds is 4. The molecule has 2 heterocycles. The highest BCUT2D eigenvalue weighted by Gasteiger charge is 2.21. The number of hydrogen-bond donors (Lipinski definition) is 2. The lowest BCUT2D eigenvalue weighted by molar-refractivity contribution is 0.0692. The Morgan fingerprint density at radius 3 is 2.59 bits per heavy atom. The molecule has 0 fully saturated rings. The van der Waals surface area contributed by atoms with Crippen LogP contribution < -0.4 is 10.9 Å². The number of aromatic nitrogens is 2. The molecule has 0 saturated heterocycles. The van der Waals surface area contributed by atoms with Crippen LogP contribution in [0.1, 0.15) is 44.1 Å². The highest BCUT2D eigenvalue weighted by molar-refractivity contribution is 6.11. The Balaban J connectivity index is 1.52. The third-order valence-corrected chi connectivity index (χ3v) is 5.89. The fraction of sp³-hybridized carbons (Fsp3) is 0.111. The average molecular weight is 451 g/mol. The number of carboxylic acids is 1. The molecule has 7 heteroatoms. The number of nitrogens with one attached hydrogen (secondary N) is 1. The van der Waals surface area contributed by atoms with Crippen LogP contribution in [-0.2, 0) is 6.54 Å². The molecule has 0 saturated carbocycles. The highest BCUT2D eigenvalue weighted by Crippen LogP contribution is 2.28. The fourth-order valence-corrected chi connectivity index (χ4v) is 4.26. The molecule has 1 aromatic heterocycles. The summed E-state index contributed by atoms with van der Waals surface area (Å²) in [5.74, 6) is -1.10. The van der Waals surface area contributed by atoms with Crippen LogP contribution in [0.25, 0.3) is 22.6 Å². The molecule has 0 bridgehead atoms. The molecule has 4 aromatic rings. The molecule has 0 atom stereocenters. The van der Waals surface area contributed by atoms with Crippen molar-refractivity contribution in [3.8, 4) is 0 Å². The van der Waals surface area contributed by atoms with Gasteiger partial charge in [0, 0.05) is 12.2 Å². The van der Waals surface area contributed by atoms with Gasteiger partial charge in [0.15, 0.2) is 0 Å². The summed E-state index contributed by atoms with van der Waals surface area (Å²) in [6.07, 6.45) is 2.76. The summed E-state index contributed by atoms with van der Waals surface area (Å²) in [5.41, 5.74) is 3.93. The second-order valence-electron chi connectivity index (χ2n) is 8.26. The summed E-state index contributed by atoms with van der Waals surface area (Å²) in [6, 6.07) is 19.0. The van der Waals surface area contributed by atoms with Gasteiger partial charge < -0.3 is 10.4 Å². The molecule has 3 aromatic carbocycles. The Labute approximate surface area is 195 Å². The summed E-state index contributed by atoms with van der Waals surface area (Å²) in [7, 11) is 0. The molecular formula is C27H21N3O4. The average Bonchev–Trinajstić information content (AvgIpc) is 3.21. The van der Waals surface area contributed by atoms with Crippen molar-refractivity contribution in [2.24, 2.45) is 0 Å². The Morgan fingerprint density at radius 1 is 1.03 bits per heavy atom. The fourth-order valence-electron chi connectivity index (χ4n) is 4.26. The molecule has 0 spiro atoms. The van der Waals surface area contributed by atoms with Crippen LogP contribution in [-0.4, -0.2) is 26.5 Å². The predicted molar refractivity (Wildman–Crippen MR) is 131 cm³/mol. The van der Waals surface area contributed by atoms with E-state index in [0.29, 0.717) is 35.4 Å². The third-order valence-electron chi connectivity index (χ3n) is 5.89. The predicted octanol–water partition coefficient (Wildman–Crippen LogP) is 4.60. The quantitative estimate of drug-likeness (QED) is 0.472. The van der Waals surface area contributed by atoms with E-state index >= 15 is 0 Å². The lowest BCUT2D eigenvalue weighted by Gasteiger charge is -2.10. The molecule has 7 nitrogen and oxygen atoms in total. The molecule has 1 aliphatic rings. The number of amides is 1. The number of carbonyl (C=O) groups excluding carboxylic acids is 1. The zero-order chi connectivity index (χ0) is 23.8. The van der Waals surface area contributed by atoms with Crippen molar-refractivity contribution in [2.75, 3.05) is 5.32 Å². The van der Waals surface area contributed by atoms with Gasteiger partial charge >= 0.3 is 5.97 Å². The molecule has 0 aliphatic carbocycles. The van der Waals surface area contributed by atoms with Crippen molar-refractivity contribution in [2.45, 2.75) is 19.9 Å². The van der Waals surface area contributed by atoms with Crippen molar-refractivity contribution in [1.29, 1.82) is 0 Å². The van der Waals surface area contributed by atoms with Crippen LogP contribution >= 0.6 is 0 Å². The largest absolute Gasteiger partial charge is 0.478 e. The lowest BCUT2D eigenvalue weighted by atomic mass is 10.1. The van der Waals surface area contributed by atoms with E-state index in [9.17, 15) is 19.5 Å². The van der Waals surface area contributed by atoms with Crippen LogP contribution in [0.3, 0.4) is 0 Å². The van der Waals surface area contributed by atoms with Crippen LogP contribution in [0.5, 0.6) is 0 Å². The summed E-state index contributed by atoms with van der Waals surface area (Å²) in [4.78, 5) is 42.0. The van der Waals surface area contributed by atoms with Gasteiger partial charge in [0.25, 0.3) is 11.5 Å². The van der Waals surface area contributed by atoms with Gasteiger partial charge in [-0.25, -0.2) is 9.78 Å². The van der Waals surface area contributed by atoms with Gasteiger partial charge in [0.05, 0.1) is 22.0 Å². The first kappa shape index (κ1) is 21.3. The van der Waals surface area contributed by atoms with Crippen LogP contribution in [0.2, 0.25) is 0 Å². The number of fused-ring (bicyclic) bond motifs is 2. The molecule has 0 unspecified atom stereocenters. The maximum absolute atomic E-state index is 13.1. The number of hydrogen-bond acceptors (Lipinski definition) is 4. The second-order valence-corrected chi connectivity index (χ2v) is 8.26. The van der Waals surface area contributed by atoms with Gasteiger partial charge in [-0.2, -0.15) is 0 Å². The van der Waals surface area contributed by atoms with Crippen molar-refractivity contribution >= 4 is 40.1 Å². The summed E-state index contributed by atoms with van der Waals surface area (Å²) >= 11 is 0. The van der Waals surface area contributed by atoms with Gasteiger partial charge in [0.2, 0.25) is 0 Å². The van der Waals surface area contributed by atoms with Gasteiger partial charge in [0.1, 0.15) is 5.82 Å². The molecule has 168 valence electrons. The van der Waals surface area contributed by atoms with Gasteiger partial charge in [-0.3, -0.25) is 14.2 Å². The van der Waals surface area contributed by atoms with Crippen molar-refractivity contribution in [3.63, 3.8) is 0 Å². The maximum atomic E-state index is 13.1. The van der Waals surface area contributed by atoms with Crippen molar-refractivity contribution in [3.05, 3.63) is 105 Å². The molecule has 2 N–H and O–H groups in total. The minimum absolute atomic E-state index is 0.0560. The number of aryl methyl sites for hydroxylation is 1. The molecule has 34 heavy (non-hydrogen) atoms. The number of anilines is 1. The lowest BCUT2D eigenvalue weighted by Crippen LogP contribution is -2.21. The standard InChI is InChI=1S/C27H21N3O4/c1-16-5-4-6-17(13-16)14-18-11-12-30-24(18)29-23-15-19(9-10-22(23)26(30)32)28-25(31)20-7-2-3-8-21(20)27(33)34/h2-10,13-15H,11-12H2,1H3,(H,28,31)(H,33,34). The van der Waals surface area contributed by atoms with E-state index in [0.717, 1.165) is 16.7 Å². The molecule has 1 aliphatic heterocycles. The normalized spacial score (nSPS) is 13.7. The van der Waals surface area contributed by atoms with E-state index in [1.54, 1.807) is 34.9 Å². The van der Waals surface area contributed by atoms with Crippen molar-refractivity contribution in [1.82, 2.24) is 9.55 Å². The first-order valence-electron chi connectivity index (χ1n) is 10.9. The zero-order valence-corrected chi connectivity index (χ0v) is 18.4. The molecule has 1 amide bonds. The number of allylic oxidation sites excluding steroid dienone is 1. The Morgan fingerprint density at radius 2 is 1.82 bits per heavy atom. The second kappa shape index (κ2) is 8.44. The van der Waals surface area contributed by atoms with E-state index in [1.165, 1.54) is 12.1 Å². The van der Waals surface area contributed by atoms with E-state index in [1.807, 2.05) is 25.1 Å². The van der Waals surface area contributed by atoms with E-state index < -0.39 is 11.9 Å². The minimum Gasteiger partial charge on any atom is -0.478 e. The maximum Gasteiger partial charge on any atom is 0.336 e. The minimum atomic E-state index is -1.18. The topological polar surface area (TPSA) is 101 Å². The smallest absolute Gasteiger partial charge is 0.336 e. The molecule has 5 rings (SSSR count). The SMILES string of the molecule is Cc1cccc(C=C2CCn3c2nc2cc(NC(=O)c4ccccc4C(=O)O)ccc2c3=O)c1. The third kappa shape index (κ3) is 3.88. The van der Waals surface area contributed by atoms with Gasteiger partial charge in [-0.1, -0.05) is 42.0 Å². The Hall–Kier alpha value is -4.52. The summed E-state index contributed by atoms with van der Waals surface area (Å²) < 4.78 is 1.69. The number of carbonyl (C=O) groups is 2.